The third kappa shape index (κ3) is 2.56. The summed E-state index contributed by atoms with van der Waals surface area (Å²) in [6, 6.07) is 7.10. The van der Waals surface area contributed by atoms with Crippen molar-refractivity contribution in [3.05, 3.63) is 28.7 Å². The summed E-state index contributed by atoms with van der Waals surface area (Å²) in [7, 11) is -3.36. The van der Waals surface area contributed by atoms with E-state index in [1.54, 1.807) is 22.5 Å². The topological polar surface area (TPSA) is 37.4 Å². The van der Waals surface area contributed by atoms with Gasteiger partial charge in [0.1, 0.15) is 0 Å². The highest BCUT2D eigenvalue weighted by molar-refractivity contribution is 9.10. The molecule has 0 amide bonds. The Morgan fingerprint density at radius 3 is 2.65 bits per heavy atom. The van der Waals surface area contributed by atoms with Crippen LogP contribution in [0.3, 0.4) is 0 Å². The van der Waals surface area contributed by atoms with Crippen molar-refractivity contribution in [2.75, 3.05) is 6.54 Å². The molecule has 1 aliphatic heterocycles. The van der Waals surface area contributed by atoms with Gasteiger partial charge in [-0.3, -0.25) is 0 Å². The minimum Gasteiger partial charge on any atom is -0.207 e. The monoisotopic (exact) mass is 317 g/mol. The highest BCUT2D eigenvalue weighted by atomic mass is 79.9. The van der Waals surface area contributed by atoms with Gasteiger partial charge >= 0.3 is 0 Å². The summed E-state index contributed by atoms with van der Waals surface area (Å²) in [4.78, 5) is 0.369. The van der Waals surface area contributed by atoms with Crippen LogP contribution in [0.4, 0.5) is 0 Å². The van der Waals surface area contributed by atoms with E-state index in [0.29, 0.717) is 15.9 Å². The van der Waals surface area contributed by atoms with Gasteiger partial charge < -0.3 is 0 Å². The summed E-state index contributed by atoms with van der Waals surface area (Å²) in [6.07, 6.45) is 3.01. The van der Waals surface area contributed by atoms with E-state index in [1.807, 2.05) is 13.0 Å². The maximum absolute atomic E-state index is 12.5. The zero-order valence-electron chi connectivity index (χ0n) is 9.77. The highest BCUT2D eigenvalue weighted by Gasteiger charge is 2.31. The van der Waals surface area contributed by atoms with Crippen LogP contribution in [0.25, 0.3) is 0 Å². The van der Waals surface area contributed by atoms with E-state index in [4.69, 9.17) is 0 Å². The van der Waals surface area contributed by atoms with E-state index in [0.717, 1.165) is 19.3 Å². The number of halogens is 1. The largest absolute Gasteiger partial charge is 0.244 e. The molecule has 1 aromatic rings. The van der Waals surface area contributed by atoms with Gasteiger partial charge in [-0.05, 0) is 47.8 Å². The second-order valence-corrected chi connectivity index (χ2v) is 7.10. The van der Waals surface area contributed by atoms with Crippen LogP contribution < -0.4 is 0 Å². The first kappa shape index (κ1) is 13.1. The zero-order chi connectivity index (χ0) is 12.5. The van der Waals surface area contributed by atoms with Crippen molar-refractivity contribution in [3.8, 4) is 0 Å². The molecule has 1 aliphatic rings. The maximum Gasteiger partial charge on any atom is 0.244 e. The van der Waals surface area contributed by atoms with Crippen molar-refractivity contribution < 1.29 is 8.42 Å². The summed E-state index contributed by atoms with van der Waals surface area (Å²) in [5.41, 5.74) is 0. The standard InChI is InChI=1S/C12H16BrNO2S/c1-10-6-4-5-9-14(10)17(15,16)12-8-3-2-7-11(12)13/h2-3,7-8,10H,4-6,9H2,1H3/t10-/m1/s1. The van der Waals surface area contributed by atoms with E-state index in [2.05, 4.69) is 15.9 Å². The van der Waals surface area contributed by atoms with Crippen molar-refractivity contribution in [1.82, 2.24) is 4.31 Å². The summed E-state index contributed by atoms with van der Waals surface area (Å²) in [5.74, 6) is 0. The molecule has 0 unspecified atom stereocenters. The fourth-order valence-corrected chi connectivity index (χ4v) is 4.87. The summed E-state index contributed by atoms with van der Waals surface area (Å²) >= 11 is 3.31. The van der Waals surface area contributed by atoms with Crippen LogP contribution in [0.5, 0.6) is 0 Å². The lowest BCUT2D eigenvalue weighted by atomic mass is 10.1. The van der Waals surface area contributed by atoms with Crippen LogP contribution in [0.1, 0.15) is 26.2 Å². The molecule has 3 nitrogen and oxygen atoms in total. The van der Waals surface area contributed by atoms with Crippen LogP contribution in [0, 0.1) is 0 Å². The second kappa shape index (κ2) is 5.08. The molecule has 1 saturated heterocycles. The molecule has 0 spiro atoms. The molecule has 17 heavy (non-hydrogen) atoms. The van der Waals surface area contributed by atoms with Gasteiger partial charge in [-0.1, -0.05) is 18.6 Å². The number of rotatable bonds is 2. The Morgan fingerprint density at radius 2 is 2.00 bits per heavy atom. The molecule has 0 bridgehead atoms. The SMILES string of the molecule is C[C@@H]1CCCCN1S(=O)(=O)c1ccccc1Br. The van der Waals surface area contributed by atoms with Crippen molar-refractivity contribution in [2.45, 2.75) is 37.1 Å². The molecular formula is C12H16BrNO2S. The van der Waals surface area contributed by atoms with Crippen LogP contribution in [-0.2, 0) is 10.0 Å². The number of hydrogen-bond acceptors (Lipinski definition) is 2. The maximum atomic E-state index is 12.5. The number of sulfonamides is 1. The third-order valence-electron chi connectivity index (χ3n) is 3.17. The van der Waals surface area contributed by atoms with Gasteiger partial charge in [-0.2, -0.15) is 4.31 Å². The summed E-state index contributed by atoms with van der Waals surface area (Å²) in [5, 5.41) is 0. The smallest absolute Gasteiger partial charge is 0.207 e. The fourth-order valence-electron chi connectivity index (χ4n) is 2.21. The third-order valence-corrected chi connectivity index (χ3v) is 6.19. The van der Waals surface area contributed by atoms with E-state index in [9.17, 15) is 8.42 Å². The van der Waals surface area contributed by atoms with Crippen molar-refractivity contribution in [3.63, 3.8) is 0 Å². The van der Waals surface area contributed by atoms with Crippen LogP contribution in [-0.4, -0.2) is 25.3 Å². The number of piperidine rings is 1. The molecule has 94 valence electrons. The Labute approximate surface area is 111 Å². The average molecular weight is 318 g/mol. The highest BCUT2D eigenvalue weighted by Crippen LogP contribution is 2.29. The Bertz CT molecular complexity index is 501. The number of hydrogen-bond donors (Lipinski definition) is 0. The van der Waals surface area contributed by atoms with Crippen LogP contribution >= 0.6 is 15.9 Å². The van der Waals surface area contributed by atoms with Crippen molar-refractivity contribution >= 4 is 26.0 Å². The summed E-state index contributed by atoms with van der Waals surface area (Å²) < 4.78 is 27.3. The molecule has 0 N–H and O–H groups in total. The molecule has 1 fully saturated rings. The zero-order valence-corrected chi connectivity index (χ0v) is 12.2. The Morgan fingerprint density at radius 1 is 1.29 bits per heavy atom. The Kier molecular flexibility index (Phi) is 3.90. The van der Waals surface area contributed by atoms with E-state index in [1.165, 1.54) is 0 Å². The number of benzene rings is 1. The molecule has 2 rings (SSSR count). The molecule has 0 radical (unpaired) electrons. The van der Waals surface area contributed by atoms with Gasteiger partial charge in [0.2, 0.25) is 10.0 Å². The van der Waals surface area contributed by atoms with Gasteiger partial charge in [0.25, 0.3) is 0 Å². The van der Waals surface area contributed by atoms with E-state index < -0.39 is 10.0 Å². The molecule has 1 atom stereocenters. The first-order valence-corrected chi connectivity index (χ1v) is 8.03. The lowest BCUT2D eigenvalue weighted by Crippen LogP contribution is -2.42. The predicted octanol–water partition coefficient (Wildman–Crippen LogP) is 3.01. The lowest BCUT2D eigenvalue weighted by molar-refractivity contribution is 0.268. The molecule has 1 heterocycles. The number of nitrogens with zero attached hydrogens (tertiary/aromatic N) is 1. The first-order chi connectivity index (χ1) is 8.03. The molecule has 0 saturated carbocycles. The minimum atomic E-state index is -3.36. The quantitative estimate of drug-likeness (QED) is 0.840. The van der Waals surface area contributed by atoms with Gasteiger partial charge in [0.05, 0.1) is 4.90 Å². The molecular weight excluding hydrogens is 302 g/mol. The van der Waals surface area contributed by atoms with Crippen LogP contribution in [0.15, 0.2) is 33.6 Å². The Hall–Kier alpha value is -0.390. The van der Waals surface area contributed by atoms with Gasteiger partial charge in [0, 0.05) is 17.1 Å². The van der Waals surface area contributed by atoms with Crippen LogP contribution in [0.2, 0.25) is 0 Å². The normalized spacial score (nSPS) is 22.6. The fraction of sp³-hybridized carbons (Fsp3) is 0.500. The van der Waals surface area contributed by atoms with Crippen molar-refractivity contribution in [1.29, 1.82) is 0 Å². The van der Waals surface area contributed by atoms with E-state index >= 15 is 0 Å². The molecule has 0 aromatic heterocycles. The summed E-state index contributed by atoms with van der Waals surface area (Å²) in [6.45, 7) is 2.61. The molecule has 0 aliphatic carbocycles. The lowest BCUT2D eigenvalue weighted by Gasteiger charge is -2.32. The van der Waals surface area contributed by atoms with Gasteiger partial charge in [-0.15, -0.1) is 0 Å². The van der Waals surface area contributed by atoms with Gasteiger partial charge in [0.15, 0.2) is 0 Å². The average Bonchev–Trinajstić information content (AvgIpc) is 2.29. The minimum absolute atomic E-state index is 0.0980. The van der Waals surface area contributed by atoms with E-state index in [-0.39, 0.29) is 6.04 Å². The Balaban J connectivity index is 2.39. The first-order valence-electron chi connectivity index (χ1n) is 5.80. The van der Waals surface area contributed by atoms with Gasteiger partial charge in [-0.25, -0.2) is 8.42 Å². The van der Waals surface area contributed by atoms with Crippen molar-refractivity contribution in [2.24, 2.45) is 0 Å². The predicted molar refractivity (Wildman–Crippen MR) is 71.3 cm³/mol. The second-order valence-electron chi connectivity index (χ2n) is 4.39. The molecule has 5 heteroatoms. The molecule has 1 aromatic carbocycles.